The van der Waals surface area contributed by atoms with Gasteiger partial charge < -0.3 is 5.32 Å². The molecule has 1 N–H and O–H groups in total. The molecular formula is C17H26N2O3S. The lowest BCUT2D eigenvalue weighted by Gasteiger charge is -2.34. The van der Waals surface area contributed by atoms with Crippen LogP contribution >= 0.6 is 0 Å². The van der Waals surface area contributed by atoms with Crippen LogP contribution in [0.15, 0.2) is 29.2 Å². The van der Waals surface area contributed by atoms with Crippen molar-refractivity contribution >= 4 is 15.9 Å². The zero-order chi connectivity index (χ0) is 16.9. The molecule has 6 heteroatoms. The molecule has 23 heavy (non-hydrogen) atoms. The molecule has 0 radical (unpaired) electrons. The van der Waals surface area contributed by atoms with E-state index >= 15 is 0 Å². The minimum absolute atomic E-state index is 0.00810. The fourth-order valence-corrected chi connectivity index (χ4v) is 4.65. The summed E-state index contributed by atoms with van der Waals surface area (Å²) in [5.41, 5.74) is 1.04. The van der Waals surface area contributed by atoms with Crippen LogP contribution in [0.2, 0.25) is 0 Å². The van der Waals surface area contributed by atoms with Crippen LogP contribution in [-0.2, 0) is 14.8 Å². The lowest BCUT2D eigenvalue weighted by atomic mass is 10.0. The minimum atomic E-state index is -3.46. The summed E-state index contributed by atoms with van der Waals surface area (Å²) < 4.78 is 27.4. The Kier molecular flexibility index (Phi) is 6.18. The fraction of sp³-hybridized carbons (Fsp3) is 0.588. The largest absolute Gasteiger partial charge is 0.356 e. The van der Waals surface area contributed by atoms with E-state index in [1.54, 1.807) is 16.4 Å². The van der Waals surface area contributed by atoms with Gasteiger partial charge in [0.1, 0.15) is 0 Å². The second-order valence-electron chi connectivity index (χ2n) is 6.07. The number of amides is 1. The number of hydrogen-bond acceptors (Lipinski definition) is 3. The monoisotopic (exact) mass is 338 g/mol. The van der Waals surface area contributed by atoms with Crippen molar-refractivity contribution in [2.24, 2.45) is 0 Å². The molecule has 5 nitrogen and oxygen atoms in total. The summed E-state index contributed by atoms with van der Waals surface area (Å²) in [5, 5.41) is 2.84. The molecule has 2 rings (SSSR count). The van der Waals surface area contributed by atoms with Gasteiger partial charge in [-0.25, -0.2) is 8.42 Å². The molecule has 1 aliphatic heterocycles. The zero-order valence-electron chi connectivity index (χ0n) is 13.9. The van der Waals surface area contributed by atoms with Crippen molar-refractivity contribution in [2.75, 3.05) is 13.1 Å². The van der Waals surface area contributed by atoms with Crippen molar-refractivity contribution in [3.8, 4) is 0 Å². The predicted octanol–water partition coefficient (Wildman–Crippen LogP) is 2.45. The van der Waals surface area contributed by atoms with Crippen LogP contribution in [0.3, 0.4) is 0 Å². The van der Waals surface area contributed by atoms with Gasteiger partial charge in [0.05, 0.1) is 4.90 Å². The molecule has 1 aromatic rings. The summed E-state index contributed by atoms with van der Waals surface area (Å²) in [6.45, 7) is 4.83. The molecule has 128 valence electrons. The summed E-state index contributed by atoms with van der Waals surface area (Å²) in [5.74, 6) is 0.00810. The molecule has 1 amide bonds. The van der Waals surface area contributed by atoms with E-state index in [1.165, 1.54) is 0 Å². The van der Waals surface area contributed by atoms with E-state index < -0.39 is 10.0 Å². The van der Waals surface area contributed by atoms with Gasteiger partial charge in [-0.3, -0.25) is 4.79 Å². The number of rotatable bonds is 6. The highest BCUT2D eigenvalue weighted by Crippen LogP contribution is 2.27. The topological polar surface area (TPSA) is 66.5 Å². The SMILES string of the molecule is CCC(=O)NCCC1CCCCN1S(=O)(=O)c1ccc(C)cc1. The van der Waals surface area contributed by atoms with Crippen molar-refractivity contribution in [3.63, 3.8) is 0 Å². The maximum Gasteiger partial charge on any atom is 0.243 e. The van der Waals surface area contributed by atoms with E-state index in [9.17, 15) is 13.2 Å². The molecule has 0 aromatic heterocycles. The number of nitrogens with one attached hydrogen (secondary N) is 1. The van der Waals surface area contributed by atoms with E-state index in [0.29, 0.717) is 30.8 Å². The highest BCUT2D eigenvalue weighted by Gasteiger charge is 2.33. The second kappa shape index (κ2) is 7.93. The quantitative estimate of drug-likeness (QED) is 0.866. The van der Waals surface area contributed by atoms with Crippen LogP contribution < -0.4 is 5.32 Å². The van der Waals surface area contributed by atoms with E-state index in [2.05, 4.69) is 5.32 Å². The molecule has 0 spiro atoms. The zero-order valence-corrected chi connectivity index (χ0v) is 14.7. The lowest BCUT2D eigenvalue weighted by molar-refractivity contribution is -0.120. The number of aryl methyl sites for hydroxylation is 1. The van der Waals surface area contributed by atoms with Crippen LogP contribution in [0.1, 0.15) is 44.6 Å². The normalized spacial score (nSPS) is 19.5. The third kappa shape index (κ3) is 4.54. The van der Waals surface area contributed by atoms with Gasteiger partial charge in [-0.05, 0) is 38.3 Å². The van der Waals surface area contributed by atoms with Crippen molar-refractivity contribution < 1.29 is 13.2 Å². The van der Waals surface area contributed by atoms with Gasteiger partial charge in [-0.1, -0.05) is 31.0 Å². The third-order valence-corrected chi connectivity index (χ3v) is 6.29. The van der Waals surface area contributed by atoms with E-state index in [4.69, 9.17) is 0 Å². The Morgan fingerprint density at radius 1 is 1.26 bits per heavy atom. The van der Waals surface area contributed by atoms with E-state index in [0.717, 1.165) is 24.8 Å². The fourth-order valence-electron chi connectivity index (χ4n) is 2.93. The summed E-state index contributed by atoms with van der Waals surface area (Å²) in [6, 6.07) is 6.97. The summed E-state index contributed by atoms with van der Waals surface area (Å²) >= 11 is 0. The summed E-state index contributed by atoms with van der Waals surface area (Å²) in [6.07, 6.45) is 3.90. The molecule has 0 bridgehead atoms. The molecule has 1 aromatic carbocycles. The number of sulfonamides is 1. The van der Waals surface area contributed by atoms with Gasteiger partial charge in [-0.2, -0.15) is 4.31 Å². The first kappa shape index (κ1) is 17.9. The minimum Gasteiger partial charge on any atom is -0.356 e. The Balaban J connectivity index is 2.10. The molecule has 1 saturated heterocycles. The van der Waals surface area contributed by atoms with Crippen LogP contribution in [0.5, 0.6) is 0 Å². The summed E-state index contributed by atoms with van der Waals surface area (Å²) in [4.78, 5) is 11.7. The highest BCUT2D eigenvalue weighted by molar-refractivity contribution is 7.89. The van der Waals surface area contributed by atoms with Crippen molar-refractivity contribution in [2.45, 2.75) is 56.9 Å². The average molecular weight is 338 g/mol. The van der Waals surface area contributed by atoms with Gasteiger partial charge in [0.15, 0.2) is 0 Å². The Hall–Kier alpha value is -1.40. The number of piperidine rings is 1. The predicted molar refractivity (Wildman–Crippen MR) is 90.6 cm³/mol. The molecule has 1 aliphatic rings. The average Bonchev–Trinajstić information content (AvgIpc) is 2.55. The maximum absolute atomic E-state index is 12.9. The molecule has 1 unspecified atom stereocenters. The van der Waals surface area contributed by atoms with E-state index in [1.807, 2.05) is 26.0 Å². The van der Waals surface area contributed by atoms with Crippen LogP contribution in [0.4, 0.5) is 0 Å². The van der Waals surface area contributed by atoms with Crippen LogP contribution in [0, 0.1) is 6.92 Å². The molecule has 0 aliphatic carbocycles. The molecular weight excluding hydrogens is 312 g/mol. The Labute approximate surface area is 139 Å². The van der Waals surface area contributed by atoms with Crippen LogP contribution in [0.25, 0.3) is 0 Å². The number of carbonyl (C=O) groups is 1. The smallest absolute Gasteiger partial charge is 0.243 e. The Morgan fingerprint density at radius 2 is 1.96 bits per heavy atom. The van der Waals surface area contributed by atoms with Crippen molar-refractivity contribution in [1.82, 2.24) is 9.62 Å². The van der Waals surface area contributed by atoms with Gasteiger partial charge in [0.25, 0.3) is 0 Å². The molecule has 1 atom stereocenters. The van der Waals surface area contributed by atoms with Gasteiger partial charge >= 0.3 is 0 Å². The van der Waals surface area contributed by atoms with Gasteiger partial charge in [0.2, 0.25) is 15.9 Å². The van der Waals surface area contributed by atoms with Crippen molar-refractivity contribution in [1.29, 1.82) is 0 Å². The third-order valence-electron chi connectivity index (χ3n) is 4.32. The number of nitrogens with zero attached hydrogens (tertiary/aromatic N) is 1. The number of hydrogen-bond donors (Lipinski definition) is 1. The number of benzene rings is 1. The first-order chi connectivity index (χ1) is 10.9. The first-order valence-electron chi connectivity index (χ1n) is 8.30. The van der Waals surface area contributed by atoms with E-state index in [-0.39, 0.29) is 11.9 Å². The highest BCUT2D eigenvalue weighted by atomic mass is 32.2. The van der Waals surface area contributed by atoms with Gasteiger partial charge in [-0.15, -0.1) is 0 Å². The standard InChI is InChI=1S/C17H26N2O3S/c1-3-17(20)18-12-11-15-6-4-5-13-19(15)23(21,22)16-9-7-14(2)8-10-16/h7-10,15H,3-6,11-13H2,1-2H3,(H,18,20). The Morgan fingerprint density at radius 3 is 2.61 bits per heavy atom. The maximum atomic E-state index is 12.9. The van der Waals surface area contributed by atoms with Crippen molar-refractivity contribution in [3.05, 3.63) is 29.8 Å². The Bertz CT molecular complexity index is 626. The molecule has 0 saturated carbocycles. The first-order valence-corrected chi connectivity index (χ1v) is 9.74. The summed E-state index contributed by atoms with van der Waals surface area (Å²) in [7, 11) is -3.46. The second-order valence-corrected chi connectivity index (χ2v) is 7.96. The molecule has 1 heterocycles. The molecule has 1 fully saturated rings. The lowest BCUT2D eigenvalue weighted by Crippen LogP contribution is -2.45. The number of carbonyl (C=O) groups excluding carboxylic acids is 1. The van der Waals surface area contributed by atoms with Gasteiger partial charge in [0, 0.05) is 25.6 Å². The van der Waals surface area contributed by atoms with Crippen LogP contribution in [-0.4, -0.2) is 37.8 Å².